The Morgan fingerprint density at radius 1 is 1.00 bits per heavy atom. The van der Waals surface area contributed by atoms with Gasteiger partial charge in [-0.05, 0) is 56.4 Å². The molecular formula is C23H27N5O2. The highest BCUT2D eigenvalue weighted by molar-refractivity contribution is 5.94. The molecule has 0 bridgehead atoms. The first-order valence-corrected chi connectivity index (χ1v) is 10.9. The molecule has 1 N–H and O–H groups in total. The molecule has 1 aromatic carbocycles. The molecule has 0 radical (unpaired) electrons. The van der Waals surface area contributed by atoms with E-state index in [1.807, 2.05) is 45.9 Å². The van der Waals surface area contributed by atoms with Crippen molar-refractivity contribution in [2.75, 3.05) is 19.6 Å². The van der Waals surface area contributed by atoms with Gasteiger partial charge in [0.25, 0.3) is 5.91 Å². The van der Waals surface area contributed by atoms with Gasteiger partial charge in [0.15, 0.2) is 0 Å². The van der Waals surface area contributed by atoms with Crippen LogP contribution in [0.2, 0.25) is 0 Å². The maximum atomic E-state index is 13.1. The van der Waals surface area contributed by atoms with Crippen molar-refractivity contribution in [3.8, 4) is 0 Å². The fourth-order valence-corrected chi connectivity index (χ4v) is 5.06. The molecule has 0 aliphatic carbocycles. The number of piperidine rings is 2. The number of H-pyrrole nitrogens is 1. The van der Waals surface area contributed by atoms with Crippen LogP contribution in [0.1, 0.15) is 48.5 Å². The zero-order chi connectivity index (χ0) is 20.5. The molecule has 1 atom stereocenters. The highest BCUT2D eigenvalue weighted by atomic mass is 16.2. The number of carbonyl (C=O) groups is 1. The van der Waals surface area contributed by atoms with E-state index < -0.39 is 0 Å². The topological polar surface area (TPSA) is 74.2 Å². The fraction of sp³-hybridized carbons (Fsp3) is 0.435. The average Bonchev–Trinajstić information content (AvgIpc) is 3.15. The van der Waals surface area contributed by atoms with E-state index >= 15 is 0 Å². The average molecular weight is 406 g/mol. The molecule has 1 unspecified atom stereocenters. The Morgan fingerprint density at radius 3 is 2.63 bits per heavy atom. The second-order valence-corrected chi connectivity index (χ2v) is 8.30. The molecule has 5 rings (SSSR count). The number of carbonyl (C=O) groups excluding carboxylic acids is 1. The second-order valence-electron chi connectivity index (χ2n) is 8.30. The third-order valence-electron chi connectivity index (χ3n) is 6.55. The quantitative estimate of drug-likeness (QED) is 0.727. The number of pyridine rings is 1. The molecule has 1 amide bonds. The summed E-state index contributed by atoms with van der Waals surface area (Å²) in [6.45, 7) is 2.57. The molecule has 3 aromatic rings. The highest BCUT2D eigenvalue weighted by Gasteiger charge is 2.34. The van der Waals surface area contributed by atoms with Gasteiger partial charge in [0.1, 0.15) is 0 Å². The van der Waals surface area contributed by atoms with E-state index in [1.165, 1.54) is 0 Å². The Balaban J connectivity index is 1.32. The number of nitrogens with one attached hydrogen (secondary N) is 1. The number of rotatable bonds is 3. The van der Waals surface area contributed by atoms with Crippen molar-refractivity contribution >= 4 is 16.9 Å². The smallest absolute Gasteiger partial charge is 0.323 e. The largest absolute Gasteiger partial charge is 0.326 e. The molecule has 4 heterocycles. The van der Waals surface area contributed by atoms with Crippen molar-refractivity contribution in [3.05, 3.63) is 64.8 Å². The van der Waals surface area contributed by atoms with Crippen LogP contribution >= 0.6 is 0 Å². The second kappa shape index (κ2) is 8.07. The lowest BCUT2D eigenvalue weighted by Crippen LogP contribution is -2.55. The fourth-order valence-electron chi connectivity index (χ4n) is 5.06. The minimum atomic E-state index is -0.0271. The summed E-state index contributed by atoms with van der Waals surface area (Å²) in [7, 11) is 0. The predicted octanol–water partition coefficient (Wildman–Crippen LogP) is 3.01. The van der Waals surface area contributed by atoms with Gasteiger partial charge in [-0.2, -0.15) is 0 Å². The number of benzene rings is 1. The normalized spacial score (nSPS) is 21.2. The summed E-state index contributed by atoms with van der Waals surface area (Å²) in [5.74, 6) is 0.0720. The summed E-state index contributed by atoms with van der Waals surface area (Å²) in [5.41, 5.74) is 2.50. The number of para-hydroxylation sites is 2. The standard InChI is InChI=1S/C23H27N5O2/c29-22(17-6-5-12-24-16-17)27-13-4-3-9-21(27)26-14-10-18(11-15-26)28-20-8-2-1-7-19(20)25-23(28)30/h1-2,5-8,12,16,18,21H,3-4,9-11,13-15H2,(H,25,30). The monoisotopic (exact) mass is 405 g/mol. The van der Waals surface area contributed by atoms with E-state index in [9.17, 15) is 9.59 Å². The van der Waals surface area contributed by atoms with E-state index in [1.54, 1.807) is 12.4 Å². The molecule has 2 fully saturated rings. The van der Waals surface area contributed by atoms with Crippen molar-refractivity contribution in [2.24, 2.45) is 0 Å². The molecule has 2 aromatic heterocycles. The van der Waals surface area contributed by atoms with Crippen LogP contribution in [0, 0.1) is 0 Å². The molecule has 0 saturated carbocycles. The van der Waals surface area contributed by atoms with Crippen molar-refractivity contribution in [1.29, 1.82) is 0 Å². The van der Waals surface area contributed by atoms with Gasteiger partial charge in [0.05, 0.1) is 22.8 Å². The predicted molar refractivity (Wildman–Crippen MR) is 115 cm³/mol. The van der Waals surface area contributed by atoms with Crippen LogP contribution in [-0.2, 0) is 0 Å². The summed E-state index contributed by atoms with van der Waals surface area (Å²) in [6.07, 6.45) is 8.50. The van der Waals surface area contributed by atoms with Gasteiger partial charge < -0.3 is 9.88 Å². The van der Waals surface area contributed by atoms with E-state index in [0.717, 1.165) is 62.8 Å². The Morgan fingerprint density at radius 2 is 1.83 bits per heavy atom. The number of aromatic nitrogens is 3. The number of likely N-dealkylation sites (tertiary alicyclic amines) is 2. The molecule has 2 aliphatic heterocycles. The van der Waals surface area contributed by atoms with Crippen LogP contribution in [0.5, 0.6) is 0 Å². The third kappa shape index (κ3) is 3.43. The van der Waals surface area contributed by atoms with Crippen LogP contribution in [-0.4, -0.2) is 56.0 Å². The zero-order valence-corrected chi connectivity index (χ0v) is 17.0. The first-order valence-electron chi connectivity index (χ1n) is 10.9. The zero-order valence-electron chi connectivity index (χ0n) is 17.0. The van der Waals surface area contributed by atoms with Gasteiger partial charge in [-0.25, -0.2) is 4.79 Å². The van der Waals surface area contributed by atoms with E-state index in [2.05, 4.69) is 14.9 Å². The van der Waals surface area contributed by atoms with Gasteiger partial charge in [0, 0.05) is 38.1 Å². The van der Waals surface area contributed by atoms with E-state index in [-0.39, 0.29) is 23.8 Å². The summed E-state index contributed by atoms with van der Waals surface area (Å²) >= 11 is 0. The molecule has 7 heteroatoms. The summed E-state index contributed by atoms with van der Waals surface area (Å²) in [4.78, 5) is 37.2. The molecule has 7 nitrogen and oxygen atoms in total. The first kappa shape index (κ1) is 19.1. The van der Waals surface area contributed by atoms with Gasteiger partial charge in [-0.3, -0.25) is 19.2 Å². The Bertz CT molecular complexity index is 1080. The van der Waals surface area contributed by atoms with Crippen LogP contribution in [0.4, 0.5) is 0 Å². The van der Waals surface area contributed by atoms with Crippen LogP contribution in [0.15, 0.2) is 53.6 Å². The van der Waals surface area contributed by atoms with Gasteiger partial charge in [-0.1, -0.05) is 12.1 Å². The number of fused-ring (bicyclic) bond motifs is 1. The number of hydrogen-bond donors (Lipinski definition) is 1. The van der Waals surface area contributed by atoms with Crippen molar-refractivity contribution < 1.29 is 4.79 Å². The van der Waals surface area contributed by atoms with Crippen molar-refractivity contribution in [2.45, 2.75) is 44.3 Å². The van der Waals surface area contributed by atoms with Gasteiger partial charge in [0.2, 0.25) is 0 Å². The molecule has 2 aliphatic rings. The number of imidazole rings is 1. The summed E-state index contributed by atoms with van der Waals surface area (Å²) in [6, 6.07) is 11.7. The van der Waals surface area contributed by atoms with Crippen LogP contribution in [0.25, 0.3) is 11.0 Å². The summed E-state index contributed by atoms with van der Waals surface area (Å²) in [5, 5.41) is 0. The van der Waals surface area contributed by atoms with Gasteiger partial charge in [-0.15, -0.1) is 0 Å². The lowest BCUT2D eigenvalue weighted by molar-refractivity contribution is 0.00118. The Hall–Kier alpha value is -2.93. The maximum Gasteiger partial charge on any atom is 0.326 e. The van der Waals surface area contributed by atoms with Crippen LogP contribution in [0.3, 0.4) is 0 Å². The number of amides is 1. The lowest BCUT2D eigenvalue weighted by atomic mass is 10.00. The third-order valence-corrected chi connectivity index (χ3v) is 6.55. The van der Waals surface area contributed by atoms with Crippen LogP contribution < -0.4 is 5.69 Å². The highest BCUT2D eigenvalue weighted by Crippen LogP contribution is 2.30. The maximum absolute atomic E-state index is 13.1. The minimum absolute atomic E-state index is 0.0271. The number of aromatic amines is 1. The summed E-state index contributed by atoms with van der Waals surface area (Å²) < 4.78 is 1.92. The molecular weight excluding hydrogens is 378 g/mol. The molecule has 156 valence electrons. The molecule has 0 spiro atoms. The number of nitrogens with zero attached hydrogens (tertiary/aromatic N) is 4. The van der Waals surface area contributed by atoms with Crippen molar-refractivity contribution in [3.63, 3.8) is 0 Å². The Labute approximate surface area is 175 Å². The van der Waals surface area contributed by atoms with Gasteiger partial charge >= 0.3 is 5.69 Å². The molecule has 2 saturated heterocycles. The molecule has 30 heavy (non-hydrogen) atoms. The number of hydrogen-bond acceptors (Lipinski definition) is 4. The SMILES string of the molecule is O=C(c1cccnc1)N1CCCCC1N1CCC(n2c(=O)[nH]c3ccccc32)CC1. The van der Waals surface area contributed by atoms with Crippen molar-refractivity contribution in [1.82, 2.24) is 24.3 Å². The lowest BCUT2D eigenvalue weighted by Gasteiger charge is -2.45. The van der Waals surface area contributed by atoms with E-state index in [4.69, 9.17) is 0 Å². The Kier molecular flexibility index (Phi) is 5.12. The van der Waals surface area contributed by atoms with E-state index in [0.29, 0.717) is 5.56 Å². The minimum Gasteiger partial charge on any atom is -0.323 e. The first-order chi connectivity index (χ1) is 14.7.